The Labute approximate surface area is 179 Å². The summed E-state index contributed by atoms with van der Waals surface area (Å²) in [6.45, 7) is 4.88. The van der Waals surface area contributed by atoms with Gasteiger partial charge in [-0.1, -0.05) is 42.4 Å². The number of nitrogens with zero attached hydrogens (tertiary/aromatic N) is 3. The van der Waals surface area contributed by atoms with Crippen LogP contribution in [0.1, 0.15) is 46.4 Å². The molecule has 5 rings (SSSR count). The van der Waals surface area contributed by atoms with Gasteiger partial charge in [-0.25, -0.2) is 0 Å². The molecule has 4 nitrogen and oxygen atoms in total. The zero-order valence-electron chi connectivity index (χ0n) is 16.3. The van der Waals surface area contributed by atoms with Gasteiger partial charge in [0.25, 0.3) is 0 Å². The fraction of sp³-hybridized carbons (Fsp3) is 0.304. The third-order valence-electron chi connectivity index (χ3n) is 5.92. The fourth-order valence-electron chi connectivity index (χ4n) is 4.30. The monoisotopic (exact) mass is 423 g/mol. The molecule has 2 aliphatic rings. The van der Waals surface area contributed by atoms with Crippen LogP contribution in [0.15, 0.2) is 49.1 Å². The van der Waals surface area contributed by atoms with Crippen LogP contribution in [0.4, 0.5) is 0 Å². The number of hydrogen-bond acceptors (Lipinski definition) is 3. The number of halogens is 1. The Bertz CT molecular complexity index is 1110. The summed E-state index contributed by atoms with van der Waals surface area (Å²) in [5.74, 6) is 0.640. The van der Waals surface area contributed by atoms with E-state index in [-0.39, 0.29) is 11.8 Å². The van der Waals surface area contributed by atoms with Crippen molar-refractivity contribution in [1.82, 2.24) is 14.7 Å². The van der Waals surface area contributed by atoms with Crippen LogP contribution in [-0.2, 0) is 18.4 Å². The molecule has 0 N–H and O–H groups in total. The van der Waals surface area contributed by atoms with Crippen LogP contribution in [0.3, 0.4) is 0 Å². The Morgan fingerprint density at radius 3 is 2.83 bits per heavy atom. The minimum atomic E-state index is -0.0424. The zero-order valence-corrected chi connectivity index (χ0v) is 17.8. The summed E-state index contributed by atoms with van der Waals surface area (Å²) in [6.07, 6.45) is 3.86. The molecule has 0 bridgehead atoms. The maximum absolute atomic E-state index is 12.4. The van der Waals surface area contributed by atoms with E-state index in [1.54, 1.807) is 11.3 Å². The topological polar surface area (TPSA) is 38.1 Å². The molecule has 1 fully saturated rings. The van der Waals surface area contributed by atoms with Crippen molar-refractivity contribution in [2.45, 2.75) is 31.2 Å². The number of benzene rings is 1. The molecule has 1 aliphatic carbocycles. The number of fused-ring (bicyclic) bond motifs is 1. The number of aryl methyl sites for hydroxylation is 1. The van der Waals surface area contributed by atoms with Gasteiger partial charge in [-0.15, -0.1) is 11.3 Å². The maximum atomic E-state index is 12.4. The van der Waals surface area contributed by atoms with Crippen molar-refractivity contribution in [2.75, 3.05) is 6.54 Å². The average molecular weight is 424 g/mol. The molecule has 3 heterocycles. The molecule has 6 heteroatoms. The number of amides is 1. The molecule has 29 heavy (non-hydrogen) atoms. The molecule has 1 aliphatic heterocycles. The van der Waals surface area contributed by atoms with Crippen molar-refractivity contribution in [3.63, 3.8) is 0 Å². The van der Waals surface area contributed by atoms with E-state index in [4.69, 9.17) is 16.7 Å². The lowest BCUT2D eigenvalue weighted by Gasteiger charge is -2.33. The number of carbonyl (C=O) groups excluding carboxylic acids is 1. The Hall–Kier alpha value is -2.37. The second kappa shape index (κ2) is 7.15. The third kappa shape index (κ3) is 3.32. The predicted molar refractivity (Wildman–Crippen MR) is 117 cm³/mol. The van der Waals surface area contributed by atoms with Gasteiger partial charge in [-0.2, -0.15) is 5.10 Å². The molecule has 0 radical (unpaired) electrons. The standard InChI is InChI=1S/C23H22ClN3OS/c1-3-23(28)27-12-18(17-10-22(24)29-21(17)13-27)15-6-4-5-7-16(15)20-11-19(14-8-9-14)25-26(20)2/h3-7,10-11,14,18H,1,8-9,12-13H2,2H3/t18-/m0/s1. The first-order valence-corrected chi connectivity index (χ1v) is 11.1. The van der Waals surface area contributed by atoms with Crippen LogP contribution >= 0.6 is 22.9 Å². The molecule has 1 atom stereocenters. The van der Waals surface area contributed by atoms with Gasteiger partial charge in [-0.3, -0.25) is 9.48 Å². The SMILES string of the molecule is C=CC(=O)N1Cc2sc(Cl)cc2[C@H](c2ccccc2-c2cc(C3CC3)nn2C)C1. The van der Waals surface area contributed by atoms with Gasteiger partial charge in [0, 0.05) is 35.9 Å². The minimum absolute atomic E-state index is 0.0424. The first-order valence-electron chi connectivity index (χ1n) is 9.88. The molecule has 148 valence electrons. The highest BCUT2D eigenvalue weighted by Gasteiger charge is 2.33. The van der Waals surface area contributed by atoms with E-state index in [1.807, 2.05) is 16.6 Å². The van der Waals surface area contributed by atoms with Crippen LogP contribution in [-0.4, -0.2) is 27.1 Å². The second-order valence-electron chi connectivity index (χ2n) is 7.84. The molecule has 1 amide bonds. The van der Waals surface area contributed by atoms with Crippen molar-refractivity contribution in [1.29, 1.82) is 0 Å². The largest absolute Gasteiger partial charge is 0.333 e. The van der Waals surface area contributed by atoms with E-state index < -0.39 is 0 Å². The van der Waals surface area contributed by atoms with E-state index in [2.05, 4.69) is 43.0 Å². The van der Waals surface area contributed by atoms with Crippen molar-refractivity contribution in [3.05, 3.63) is 75.1 Å². The molecule has 1 aromatic carbocycles. The summed E-state index contributed by atoms with van der Waals surface area (Å²) >= 11 is 7.93. The molecule has 3 aromatic rings. The van der Waals surface area contributed by atoms with Crippen LogP contribution in [0.5, 0.6) is 0 Å². The van der Waals surface area contributed by atoms with E-state index in [9.17, 15) is 4.79 Å². The van der Waals surface area contributed by atoms with Gasteiger partial charge < -0.3 is 4.90 Å². The Balaban J connectivity index is 1.62. The second-order valence-corrected chi connectivity index (χ2v) is 9.61. The van der Waals surface area contributed by atoms with Crippen molar-refractivity contribution in [3.8, 4) is 11.3 Å². The van der Waals surface area contributed by atoms with Gasteiger partial charge in [0.1, 0.15) is 0 Å². The molecule has 1 saturated carbocycles. The summed E-state index contributed by atoms with van der Waals surface area (Å²) in [5.41, 5.74) is 5.90. The number of carbonyl (C=O) groups is 1. The highest BCUT2D eigenvalue weighted by molar-refractivity contribution is 7.16. The van der Waals surface area contributed by atoms with E-state index >= 15 is 0 Å². The fourth-order valence-corrected chi connectivity index (χ4v) is 5.66. The molecular weight excluding hydrogens is 402 g/mol. The van der Waals surface area contributed by atoms with Crippen molar-refractivity contribution in [2.24, 2.45) is 7.05 Å². The maximum Gasteiger partial charge on any atom is 0.246 e. The summed E-state index contributed by atoms with van der Waals surface area (Å²) in [4.78, 5) is 15.4. The Kier molecular flexibility index (Phi) is 4.60. The summed E-state index contributed by atoms with van der Waals surface area (Å²) in [7, 11) is 2.01. The Morgan fingerprint density at radius 1 is 1.28 bits per heavy atom. The highest BCUT2D eigenvalue weighted by atomic mass is 35.5. The van der Waals surface area contributed by atoms with Gasteiger partial charge in [0.05, 0.1) is 22.3 Å². The smallest absolute Gasteiger partial charge is 0.246 e. The third-order valence-corrected chi connectivity index (χ3v) is 7.18. The Morgan fingerprint density at radius 2 is 2.07 bits per heavy atom. The summed E-state index contributed by atoms with van der Waals surface area (Å²) < 4.78 is 2.76. The average Bonchev–Trinajstić information content (AvgIpc) is 3.40. The molecular formula is C23H22ClN3OS. The zero-order chi connectivity index (χ0) is 20.1. The van der Waals surface area contributed by atoms with Gasteiger partial charge in [0.2, 0.25) is 5.91 Å². The van der Waals surface area contributed by atoms with Gasteiger partial charge >= 0.3 is 0 Å². The molecule has 0 spiro atoms. The molecule has 2 aromatic heterocycles. The number of rotatable bonds is 4. The normalized spacial score (nSPS) is 18.6. The molecule has 0 saturated heterocycles. The van der Waals surface area contributed by atoms with Crippen LogP contribution in [0, 0.1) is 0 Å². The predicted octanol–water partition coefficient (Wildman–Crippen LogP) is 5.34. The first kappa shape index (κ1) is 18.6. The number of thiophene rings is 1. The quantitative estimate of drug-likeness (QED) is 0.531. The van der Waals surface area contributed by atoms with Crippen molar-refractivity contribution < 1.29 is 4.79 Å². The van der Waals surface area contributed by atoms with Gasteiger partial charge in [0.15, 0.2) is 0 Å². The highest BCUT2D eigenvalue weighted by Crippen LogP contribution is 2.44. The van der Waals surface area contributed by atoms with Crippen LogP contribution in [0.2, 0.25) is 4.34 Å². The number of hydrogen-bond donors (Lipinski definition) is 0. The minimum Gasteiger partial charge on any atom is -0.333 e. The van der Waals surface area contributed by atoms with E-state index in [0.717, 1.165) is 14.9 Å². The van der Waals surface area contributed by atoms with E-state index in [0.29, 0.717) is 19.0 Å². The van der Waals surface area contributed by atoms with Crippen molar-refractivity contribution >= 4 is 28.8 Å². The van der Waals surface area contributed by atoms with Gasteiger partial charge in [-0.05, 0) is 42.2 Å². The summed E-state index contributed by atoms with van der Waals surface area (Å²) in [5, 5.41) is 4.76. The van der Waals surface area contributed by atoms with Crippen LogP contribution in [0.25, 0.3) is 11.3 Å². The lowest BCUT2D eigenvalue weighted by molar-refractivity contribution is -0.127. The van der Waals surface area contributed by atoms with Crippen LogP contribution < -0.4 is 0 Å². The number of aromatic nitrogens is 2. The lowest BCUT2D eigenvalue weighted by atomic mass is 9.85. The summed E-state index contributed by atoms with van der Waals surface area (Å²) in [6, 6.07) is 12.8. The van der Waals surface area contributed by atoms with E-state index in [1.165, 1.54) is 41.3 Å². The first-order chi connectivity index (χ1) is 14.0. The lowest BCUT2D eigenvalue weighted by Crippen LogP contribution is -2.37. The molecule has 0 unspecified atom stereocenters.